The van der Waals surface area contributed by atoms with Crippen LogP contribution in [0.1, 0.15) is 10.4 Å². The molecule has 0 aliphatic carbocycles. The molecule has 3 aromatic rings. The molecule has 0 radical (unpaired) electrons. The maximum absolute atomic E-state index is 13.6. The number of esters is 1. The molecule has 0 fully saturated rings. The van der Waals surface area contributed by atoms with Crippen LogP contribution in [-0.2, 0) is 4.74 Å². The molecular weight excluding hydrogens is 289 g/mol. The first kappa shape index (κ1) is 14.1. The van der Waals surface area contributed by atoms with E-state index in [0.717, 1.165) is 0 Å². The normalized spacial score (nSPS) is 10.7. The second-order valence-corrected chi connectivity index (χ2v) is 4.57. The smallest absolute Gasteiger partial charge is 0.337 e. The number of fused-ring (bicyclic) bond motifs is 1. The van der Waals surface area contributed by atoms with Gasteiger partial charge in [-0.1, -0.05) is 0 Å². The van der Waals surface area contributed by atoms with Gasteiger partial charge in [0.2, 0.25) is 5.89 Å². The molecule has 6 heteroatoms. The van der Waals surface area contributed by atoms with Gasteiger partial charge in [0.05, 0.1) is 19.8 Å². The van der Waals surface area contributed by atoms with Crippen molar-refractivity contribution in [3.05, 3.63) is 47.8 Å². The van der Waals surface area contributed by atoms with Crippen molar-refractivity contribution in [2.45, 2.75) is 0 Å². The lowest BCUT2D eigenvalue weighted by Gasteiger charge is -2.01. The molecule has 112 valence electrons. The Hall–Kier alpha value is -2.89. The van der Waals surface area contributed by atoms with Gasteiger partial charge in [-0.05, 0) is 30.3 Å². The molecule has 0 bridgehead atoms. The van der Waals surface area contributed by atoms with E-state index in [2.05, 4.69) is 9.72 Å². The lowest BCUT2D eigenvalue weighted by molar-refractivity contribution is 0.0601. The van der Waals surface area contributed by atoms with E-state index in [1.165, 1.54) is 26.4 Å². The van der Waals surface area contributed by atoms with Crippen molar-refractivity contribution >= 4 is 17.1 Å². The quantitative estimate of drug-likeness (QED) is 0.694. The minimum Gasteiger partial charge on any atom is -0.497 e. The van der Waals surface area contributed by atoms with Crippen molar-refractivity contribution in [1.82, 2.24) is 4.98 Å². The Kier molecular flexibility index (Phi) is 3.50. The number of oxazole rings is 1. The fourth-order valence-electron chi connectivity index (χ4n) is 2.10. The number of nitrogens with zero attached hydrogens (tertiary/aromatic N) is 1. The topological polar surface area (TPSA) is 61.6 Å². The van der Waals surface area contributed by atoms with Crippen molar-refractivity contribution in [3.8, 4) is 17.2 Å². The van der Waals surface area contributed by atoms with Crippen LogP contribution < -0.4 is 4.74 Å². The van der Waals surface area contributed by atoms with E-state index < -0.39 is 11.8 Å². The van der Waals surface area contributed by atoms with E-state index in [-0.39, 0.29) is 5.89 Å². The molecule has 1 aromatic heterocycles. The Morgan fingerprint density at radius 2 is 2.00 bits per heavy atom. The van der Waals surface area contributed by atoms with E-state index in [9.17, 15) is 9.18 Å². The van der Waals surface area contributed by atoms with E-state index in [1.807, 2.05) is 0 Å². The number of methoxy groups -OCH3 is 2. The van der Waals surface area contributed by atoms with Crippen LogP contribution in [0.25, 0.3) is 22.6 Å². The minimum atomic E-state index is -0.459. The van der Waals surface area contributed by atoms with Crippen LogP contribution >= 0.6 is 0 Å². The number of halogens is 1. The summed E-state index contributed by atoms with van der Waals surface area (Å²) in [6, 6.07) is 8.94. The van der Waals surface area contributed by atoms with Gasteiger partial charge < -0.3 is 13.9 Å². The first-order chi connectivity index (χ1) is 10.6. The first-order valence-electron chi connectivity index (χ1n) is 6.44. The van der Waals surface area contributed by atoms with Gasteiger partial charge in [-0.15, -0.1) is 0 Å². The Balaban J connectivity index is 2.08. The molecule has 3 rings (SSSR count). The van der Waals surface area contributed by atoms with Gasteiger partial charge in [0.15, 0.2) is 5.58 Å². The summed E-state index contributed by atoms with van der Waals surface area (Å²) in [5.74, 6) is -0.298. The third kappa shape index (κ3) is 2.50. The number of carbonyl (C=O) groups excluding carboxylic acids is 1. The Morgan fingerprint density at radius 3 is 2.73 bits per heavy atom. The zero-order valence-corrected chi connectivity index (χ0v) is 11.9. The lowest BCUT2D eigenvalue weighted by Crippen LogP contribution is -2.00. The Labute approximate surface area is 125 Å². The van der Waals surface area contributed by atoms with Crippen molar-refractivity contribution in [3.63, 3.8) is 0 Å². The predicted octanol–water partition coefficient (Wildman–Crippen LogP) is 3.43. The molecule has 0 saturated heterocycles. The molecule has 0 amide bonds. The molecule has 2 aromatic carbocycles. The highest BCUT2D eigenvalue weighted by Crippen LogP contribution is 2.28. The second kappa shape index (κ2) is 5.48. The second-order valence-electron chi connectivity index (χ2n) is 4.57. The summed E-state index contributed by atoms with van der Waals surface area (Å²) >= 11 is 0. The predicted molar refractivity (Wildman–Crippen MR) is 77.3 cm³/mol. The van der Waals surface area contributed by atoms with Gasteiger partial charge in [-0.2, -0.15) is 0 Å². The van der Waals surface area contributed by atoms with E-state index in [4.69, 9.17) is 9.15 Å². The molecular formula is C16H12FNO4. The minimum absolute atomic E-state index is 0.245. The fraction of sp³-hybridized carbons (Fsp3) is 0.125. The summed E-state index contributed by atoms with van der Waals surface area (Å²) in [5, 5.41) is 0. The Morgan fingerprint density at radius 1 is 1.18 bits per heavy atom. The van der Waals surface area contributed by atoms with Crippen LogP contribution in [-0.4, -0.2) is 25.2 Å². The number of aromatic nitrogens is 1. The van der Waals surface area contributed by atoms with Crippen LogP contribution in [0.2, 0.25) is 0 Å². The van der Waals surface area contributed by atoms with E-state index >= 15 is 0 Å². The molecule has 0 atom stereocenters. The zero-order valence-electron chi connectivity index (χ0n) is 11.9. The average molecular weight is 301 g/mol. The van der Waals surface area contributed by atoms with Crippen LogP contribution in [0, 0.1) is 5.82 Å². The number of benzene rings is 2. The maximum atomic E-state index is 13.6. The van der Waals surface area contributed by atoms with E-state index in [0.29, 0.717) is 28.0 Å². The first-order valence-corrected chi connectivity index (χ1v) is 6.44. The number of ether oxygens (including phenoxy) is 2. The van der Waals surface area contributed by atoms with Crippen LogP contribution in [0.3, 0.4) is 0 Å². The molecule has 0 spiro atoms. The van der Waals surface area contributed by atoms with Crippen LogP contribution in [0.4, 0.5) is 4.39 Å². The molecule has 0 saturated carbocycles. The summed E-state index contributed by atoms with van der Waals surface area (Å²) in [5.41, 5.74) is 1.80. The SMILES string of the molecule is COC(=O)c1ccc2oc(-c3cc(F)cc(OC)c3)nc2c1. The van der Waals surface area contributed by atoms with Gasteiger partial charge in [0.25, 0.3) is 0 Å². The van der Waals surface area contributed by atoms with E-state index in [1.54, 1.807) is 24.3 Å². The lowest BCUT2D eigenvalue weighted by atomic mass is 10.2. The van der Waals surface area contributed by atoms with Crippen LogP contribution in [0.15, 0.2) is 40.8 Å². The molecule has 1 heterocycles. The van der Waals surface area contributed by atoms with Crippen molar-refractivity contribution in [2.24, 2.45) is 0 Å². The number of carbonyl (C=O) groups is 1. The maximum Gasteiger partial charge on any atom is 0.337 e. The summed E-state index contributed by atoms with van der Waals surface area (Å²) in [4.78, 5) is 15.8. The third-order valence-corrected chi connectivity index (χ3v) is 3.16. The largest absolute Gasteiger partial charge is 0.497 e. The highest BCUT2D eigenvalue weighted by Gasteiger charge is 2.13. The third-order valence-electron chi connectivity index (χ3n) is 3.16. The molecule has 0 N–H and O–H groups in total. The van der Waals surface area contributed by atoms with Crippen LogP contribution in [0.5, 0.6) is 5.75 Å². The fourth-order valence-corrected chi connectivity index (χ4v) is 2.10. The molecule has 22 heavy (non-hydrogen) atoms. The van der Waals surface area contributed by atoms with Gasteiger partial charge in [-0.3, -0.25) is 0 Å². The Bertz CT molecular complexity index is 856. The van der Waals surface area contributed by atoms with Gasteiger partial charge in [0, 0.05) is 11.6 Å². The monoisotopic (exact) mass is 301 g/mol. The van der Waals surface area contributed by atoms with Crippen molar-refractivity contribution in [1.29, 1.82) is 0 Å². The van der Waals surface area contributed by atoms with Crippen molar-refractivity contribution in [2.75, 3.05) is 14.2 Å². The summed E-state index contributed by atoms with van der Waals surface area (Å²) in [6.45, 7) is 0. The highest BCUT2D eigenvalue weighted by molar-refractivity contribution is 5.93. The van der Waals surface area contributed by atoms with Gasteiger partial charge >= 0.3 is 5.97 Å². The van der Waals surface area contributed by atoms with Crippen molar-refractivity contribution < 1.29 is 23.1 Å². The number of hydrogen-bond donors (Lipinski definition) is 0. The molecule has 0 unspecified atom stereocenters. The number of hydrogen-bond acceptors (Lipinski definition) is 5. The standard InChI is InChI=1S/C16H12FNO4/c1-20-12-6-10(5-11(17)8-12)15-18-13-7-9(16(19)21-2)3-4-14(13)22-15/h3-8H,1-2H3. The number of rotatable bonds is 3. The average Bonchev–Trinajstić information content (AvgIpc) is 2.96. The zero-order chi connectivity index (χ0) is 15.7. The molecule has 0 aliphatic rings. The van der Waals surface area contributed by atoms with Gasteiger partial charge in [0.1, 0.15) is 17.1 Å². The summed E-state index contributed by atoms with van der Waals surface area (Å²) in [6.07, 6.45) is 0. The molecule has 5 nitrogen and oxygen atoms in total. The summed E-state index contributed by atoms with van der Waals surface area (Å²) < 4.78 is 28.8. The van der Waals surface area contributed by atoms with Gasteiger partial charge in [-0.25, -0.2) is 14.2 Å². The highest BCUT2D eigenvalue weighted by atomic mass is 19.1. The molecule has 0 aliphatic heterocycles. The summed E-state index contributed by atoms with van der Waals surface area (Å²) in [7, 11) is 2.76.